The van der Waals surface area contributed by atoms with Gasteiger partial charge in [-0.1, -0.05) is 0 Å². The van der Waals surface area contributed by atoms with E-state index in [1.807, 2.05) is 30.3 Å². The standard InChI is InChI=1S/C17H14N6O/c1-10(24)21-14-9-11(4-7-18-14)16-15(12-5-8-20-23-12)17-13(22-16)3-2-6-19-17/h2-9,22H,1H3,(H,20,23)(H,18,21,24). The van der Waals surface area contributed by atoms with E-state index < -0.39 is 0 Å². The molecule has 0 aliphatic heterocycles. The molecule has 4 aromatic rings. The highest BCUT2D eigenvalue weighted by molar-refractivity contribution is 6.00. The van der Waals surface area contributed by atoms with Crippen LogP contribution in [-0.4, -0.2) is 31.1 Å². The highest BCUT2D eigenvalue weighted by Crippen LogP contribution is 2.36. The topological polar surface area (TPSA) is 99.4 Å². The third-order valence-corrected chi connectivity index (χ3v) is 3.68. The van der Waals surface area contributed by atoms with Gasteiger partial charge in [0.25, 0.3) is 0 Å². The smallest absolute Gasteiger partial charge is 0.222 e. The molecule has 24 heavy (non-hydrogen) atoms. The van der Waals surface area contributed by atoms with Crippen molar-refractivity contribution in [2.45, 2.75) is 6.92 Å². The molecule has 0 atom stereocenters. The van der Waals surface area contributed by atoms with Crippen LogP contribution >= 0.6 is 0 Å². The zero-order valence-electron chi connectivity index (χ0n) is 12.9. The Hall–Kier alpha value is -3.48. The van der Waals surface area contributed by atoms with Crippen molar-refractivity contribution < 1.29 is 4.79 Å². The van der Waals surface area contributed by atoms with E-state index in [1.54, 1.807) is 18.6 Å². The number of aromatic amines is 2. The van der Waals surface area contributed by atoms with Crippen LogP contribution in [0.4, 0.5) is 5.82 Å². The van der Waals surface area contributed by atoms with Gasteiger partial charge in [-0.3, -0.25) is 14.9 Å². The molecular formula is C17H14N6O. The van der Waals surface area contributed by atoms with E-state index in [9.17, 15) is 4.79 Å². The third-order valence-electron chi connectivity index (χ3n) is 3.68. The summed E-state index contributed by atoms with van der Waals surface area (Å²) in [6.45, 7) is 1.46. The molecule has 0 saturated carbocycles. The molecule has 4 aromatic heterocycles. The molecule has 0 bridgehead atoms. The van der Waals surface area contributed by atoms with Crippen molar-refractivity contribution in [3.8, 4) is 22.5 Å². The summed E-state index contributed by atoms with van der Waals surface area (Å²) in [5, 5.41) is 9.74. The molecule has 1 amide bonds. The monoisotopic (exact) mass is 318 g/mol. The average Bonchev–Trinajstić information content (AvgIpc) is 3.21. The zero-order valence-corrected chi connectivity index (χ0v) is 12.9. The molecule has 4 heterocycles. The van der Waals surface area contributed by atoms with Crippen molar-refractivity contribution in [2.75, 3.05) is 5.32 Å². The number of H-pyrrole nitrogens is 2. The van der Waals surface area contributed by atoms with Crippen molar-refractivity contribution >= 4 is 22.8 Å². The van der Waals surface area contributed by atoms with Gasteiger partial charge in [-0.15, -0.1) is 0 Å². The minimum atomic E-state index is -0.160. The van der Waals surface area contributed by atoms with Crippen LogP contribution in [0.2, 0.25) is 0 Å². The van der Waals surface area contributed by atoms with E-state index >= 15 is 0 Å². The minimum Gasteiger partial charge on any atom is -0.353 e. The van der Waals surface area contributed by atoms with Crippen molar-refractivity contribution in [1.29, 1.82) is 0 Å². The fraction of sp³-hybridized carbons (Fsp3) is 0.0588. The number of carbonyl (C=O) groups is 1. The summed E-state index contributed by atoms with van der Waals surface area (Å²) >= 11 is 0. The Morgan fingerprint density at radius 2 is 2.04 bits per heavy atom. The second-order valence-corrected chi connectivity index (χ2v) is 5.36. The predicted octanol–water partition coefficient (Wildman–Crippen LogP) is 2.97. The molecule has 4 rings (SSSR count). The van der Waals surface area contributed by atoms with Gasteiger partial charge in [0, 0.05) is 31.1 Å². The van der Waals surface area contributed by atoms with E-state index in [1.165, 1.54) is 6.92 Å². The first kappa shape index (κ1) is 14.1. The van der Waals surface area contributed by atoms with Crippen molar-refractivity contribution in [3.05, 3.63) is 48.9 Å². The van der Waals surface area contributed by atoms with Gasteiger partial charge in [-0.05, 0) is 30.3 Å². The second-order valence-electron chi connectivity index (χ2n) is 5.36. The van der Waals surface area contributed by atoms with Crippen molar-refractivity contribution in [2.24, 2.45) is 0 Å². The molecule has 0 aliphatic carbocycles. The number of pyridine rings is 2. The lowest BCUT2D eigenvalue weighted by atomic mass is 10.1. The summed E-state index contributed by atoms with van der Waals surface area (Å²) in [6, 6.07) is 9.47. The van der Waals surface area contributed by atoms with Gasteiger partial charge in [0.2, 0.25) is 5.91 Å². The Morgan fingerprint density at radius 1 is 1.12 bits per heavy atom. The normalized spacial score (nSPS) is 10.9. The van der Waals surface area contributed by atoms with E-state index in [4.69, 9.17) is 0 Å². The average molecular weight is 318 g/mol. The molecule has 0 saturated heterocycles. The molecular weight excluding hydrogens is 304 g/mol. The SMILES string of the molecule is CC(=O)Nc1cc(-c2[nH]c3cccnc3c2-c2ccn[nH]2)ccn1. The van der Waals surface area contributed by atoms with Crippen LogP contribution in [-0.2, 0) is 4.79 Å². The molecule has 0 fully saturated rings. The first-order valence-electron chi connectivity index (χ1n) is 7.43. The van der Waals surface area contributed by atoms with E-state index in [2.05, 4.69) is 30.5 Å². The lowest BCUT2D eigenvalue weighted by molar-refractivity contribution is -0.114. The number of amides is 1. The van der Waals surface area contributed by atoms with Gasteiger partial charge in [0.05, 0.1) is 28.0 Å². The largest absolute Gasteiger partial charge is 0.353 e. The van der Waals surface area contributed by atoms with Gasteiger partial charge >= 0.3 is 0 Å². The zero-order chi connectivity index (χ0) is 16.5. The Balaban J connectivity index is 1.94. The summed E-state index contributed by atoms with van der Waals surface area (Å²) in [4.78, 5) is 23.3. The number of anilines is 1. The molecule has 7 heteroatoms. The Bertz CT molecular complexity index is 1020. The molecule has 0 aromatic carbocycles. The van der Waals surface area contributed by atoms with Gasteiger partial charge in [-0.25, -0.2) is 4.98 Å². The van der Waals surface area contributed by atoms with Crippen LogP contribution in [0.5, 0.6) is 0 Å². The first-order chi connectivity index (χ1) is 11.7. The van der Waals surface area contributed by atoms with Crippen LogP contribution in [0.15, 0.2) is 48.9 Å². The number of carbonyl (C=O) groups excluding carboxylic acids is 1. The summed E-state index contributed by atoms with van der Waals surface area (Å²) in [5.41, 5.74) is 5.37. The predicted molar refractivity (Wildman–Crippen MR) is 91.2 cm³/mol. The Morgan fingerprint density at radius 3 is 2.83 bits per heavy atom. The number of fused-ring (bicyclic) bond motifs is 1. The summed E-state index contributed by atoms with van der Waals surface area (Å²) in [6.07, 6.45) is 5.13. The van der Waals surface area contributed by atoms with Crippen LogP contribution in [0.3, 0.4) is 0 Å². The van der Waals surface area contributed by atoms with Crippen LogP contribution in [0.25, 0.3) is 33.5 Å². The van der Waals surface area contributed by atoms with Gasteiger partial charge in [-0.2, -0.15) is 5.10 Å². The lowest BCUT2D eigenvalue weighted by Gasteiger charge is -2.06. The van der Waals surface area contributed by atoms with Crippen LogP contribution < -0.4 is 5.32 Å². The van der Waals surface area contributed by atoms with Gasteiger partial charge in [0.15, 0.2) is 0 Å². The third kappa shape index (κ3) is 2.41. The van der Waals surface area contributed by atoms with Crippen molar-refractivity contribution in [1.82, 2.24) is 25.1 Å². The maximum atomic E-state index is 11.3. The fourth-order valence-corrected chi connectivity index (χ4v) is 2.73. The van der Waals surface area contributed by atoms with E-state index in [-0.39, 0.29) is 5.91 Å². The second kappa shape index (κ2) is 5.62. The number of hydrogen-bond donors (Lipinski definition) is 3. The highest BCUT2D eigenvalue weighted by atomic mass is 16.1. The molecule has 118 valence electrons. The quantitative estimate of drug-likeness (QED) is 0.540. The van der Waals surface area contributed by atoms with Crippen molar-refractivity contribution in [3.63, 3.8) is 0 Å². The number of aromatic nitrogens is 5. The molecule has 0 aliphatic rings. The Kier molecular flexibility index (Phi) is 3.31. The number of rotatable bonds is 3. The van der Waals surface area contributed by atoms with Crippen LogP contribution in [0, 0.1) is 0 Å². The minimum absolute atomic E-state index is 0.160. The molecule has 0 unspecified atom stereocenters. The molecule has 3 N–H and O–H groups in total. The summed E-state index contributed by atoms with van der Waals surface area (Å²) < 4.78 is 0. The maximum Gasteiger partial charge on any atom is 0.222 e. The molecule has 0 radical (unpaired) electrons. The van der Waals surface area contributed by atoms with Gasteiger partial charge < -0.3 is 10.3 Å². The van der Waals surface area contributed by atoms with E-state index in [0.717, 1.165) is 33.5 Å². The molecule has 7 nitrogen and oxygen atoms in total. The summed E-state index contributed by atoms with van der Waals surface area (Å²) in [5.74, 6) is 0.342. The number of hydrogen-bond acceptors (Lipinski definition) is 4. The number of nitrogens with one attached hydrogen (secondary N) is 3. The fourth-order valence-electron chi connectivity index (χ4n) is 2.73. The highest BCUT2D eigenvalue weighted by Gasteiger charge is 2.17. The lowest BCUT2D eigenvalue weighted by Crippen LogP contribution is -2.07. The molecule has 0 spiro atoms. The van der Waals surface area contributed by atoms with Gasteiger partial charge in [0.1, 0.15) is 5.82 Å². The summed E-state index contributed by atoms with van der Waals surface area (Å²) in [7, 11) is 0. The van der Waals surface area contributed by atoms with E-state index in [0.29, 0.717) is 5.82 Å². The maximum absolute atomic E-state index is 11.3. The van der Waals surface area contributed by atoms with Crippen LogP contribution in [0.1, 0.15) is 6.92 Å². The Labute approximate surface area is 137 Å². The first-order valence-corrected chi connectivity index (χ1v) is 7.43. The number of nitrogens with zero attached hydrogens (tertiary/aromatic N) is 3.